The predicted octanol–water partition coefficient (Wildman–Crippen LogP) is 1.63. The molecule has 0 saturated carbocycles. The van der Waals surface area contributed by atoms with Gasteiger partial charge in [-0.05, 0) is 32.2 Å². The lowest BCUT2D eigenvalue weighted by molar-refractivity contribution is -0.134. The van der Waals surface area contributed by atoms with Crippen LogP contribution in [0.1, 0.15) is 48.0 Å². The highest BCUT2D eigenvalue weighted by atomic mass is 16.2. The predicted molar refractivity (Wildman–Crippen MR) is 87.0 cm³/mol. The minimum absolute atomic E-state index is 0.0515. The summed E-state index contributed by atoms with van der Waals surface area (Å²) in [5, 5.41) is 5.53. The molecule has 21 heavy (non-hydrogen) atoms. The molecule has 0 aliphatic heterocycles. The van der Waals surface area contributed by atoms with Gasteiger partial charge in [0.15, 0.2) is 0 Å². The van der Waals surface area contributed by atoms with Gasteiger partial charge in [0.25, 0.3) is 0 Å². The fraction of sp³-hybridized carbons (Fsp3) is 0.875. The first-order valence-corrected chi connectivity index (χ1v) is 7.91. The Labute approximate surface area is 129 Å². The maximum absolute atomic E-state index is 12.6. The van der Waals surface area contributed by atoms with Crippen molar-refractivity contribution in [2.45, 2.75) is 66.1 Å². The number of hydrogen-bond donors (Lipinski definition) is 2. The molecule has 0 bridgehead atoms. The van der Waals surface area contributed by atoms with Gasteiger partial charge in [0, 0.05) is 13.1 Å². The van der Waals surface area contributed by atoms with E-state index < -0.39 is 6.04 Å². The van der Waals surface area contributed by atoms with Gasteiger partial charge in [-0.15, -0.1) is 0 Å². The summed E-state index contributed by atoms with van der Waals surface area (Å²) in [6.07, 6.45) is 0.982. The Balaban J connectivity index is 5.09. The van der Waals surface area contributed by atoms with Crippen LogP contribution in [-0.2, 0) is 9.59 Å². The molecule has 0 heterocycles. The van der Waals surface area contributed by atoms with Crippen LogP contribution < -0.4 is 10.6 Å². The number of carbonyl (C=O) groups excluding carboxylic acids is 2. The molecule has 2 amide bonds. The van der Waals surface area contributed by atoms with Crippen molar-refractivity contribution in [2.24, 2.45) is 11.8 Å². The van der Waals surface area contributed by atoms with Crippen LogP contribution in [0.15, 0.2) is 0 Å². The van der Waals surface area contributed by atoms with E-state index in [0.29, 0.717) is 6.04 Å². The number of likely N-dealkylation sites (N-methyl/N-ethyl adjacent to an activating group) is 2. The highest BCUT2D eigenvalue weighted by Crippen LogP contribution is 2.15. The molecule has 0 aliphatic rings. The minimum atomic E-state index is -0.492. The van der Waals surface area contributed by atoms with E-state index in [1.807, 2.05) is 34.7 Å². The van der Waals surface area contributed by atoms with E-state index in [-0.39, 0.29) is 29.7 Å². The van der Waals surface area contributed by atoms with Crippen molar-refractivity contribution in [3.05, 3.63) is 0 Å². The Bertz CT molecular complexity index is 342. The molecule has 0 aromatic carbocycles. The van der Waals surface area contributed by atoms with Gasteiger partial charge in [0.1, 0.15) is 6.04 Å². The monoisotopic (exact) mass is 299 g/mol. The van der Waals surface area contributed by atoms with Gasteiger partial charge in [0.05, 0.1) is 6.04 Å². The Morgan fingerprint density at radius 1 is 1.00 bits per heavy atom. The molecule has 5 nitrogen and oxygen atoms in total. The maximum atomic E-state index is 12.6. The molecule has 3 atom stereocenters. The van der Waals surface area contributed by atoms with Crippen LogP contribution >= 0.6 is 0 Å². The van der Waals surface area contributed by atoms with Crippen LogP contribution in [-0.4, -0.2) is 48.9 Å². The molecular formula is C16H33N3O2. The maximum Gasteiger partial charge on any atom is 0.242 e. The molecule has 0 aliphatic carbocycles. The van der Waals surface area contributed by atoms with Crippen LogP contribution in [0.5, 0.6) is 0 Å². The average Bonchev–Trinajstić information content (AvgIpc) is 2.42. The van der Waals surface area contributed by atoms with Gasteiger partial charge in [0.2, 0.25) is 11.8 Å². The lowest BCUT2D eigenvalue weighted by atomic mass is 9.97. The normalized spacial score (nSPS) is 16.0. The highest BCUT2D eigenvalue weighted by molar-refractivity contribution is 5.90. The molecule has 0 fully saturated rings. The molecule has 124 valence electrons. The van der Waals surface area contributed by atoms with Crippen molar-refractivity contribution in [1.82, 2.24) is 15.5 Å². The standard InChI is InChI=1S/C16H33N3O2/c1-9-12(6)19(8)14(11(4)5)16(21)18-13(10(2)3)15(20)17-7/h10-14H,9H2,1-8H3,(H,17,20)(H,18,21). The minimum Gasteiger partial charge on any atom is -0.357 e. The van der Waals surface area contributed by atoms with Crippen LogP contribution in [0.2, 0.25) is 0 Å². The van der Waals surface area contributed by atoms with Crippen LogP contribution in [0.4, 0.5) is 0 Å². The van der Waals surface area contributed by atoms with Crippen molar-refractivity contribution < 1.29 is 9.59 Å². The van der Waals surface area contributed by atoms with E-state index >= 15 is 0 Å². The zero-order valence-corrected chi connectivity index (χ0v) is 14.9. The third kappa shape index (κ3) is 5.65. The highest BCUT2D eigenvalue weighted by Gasteiger charge is 2.32. The van der Waals surface area contributed by atoms with Crippen molar-refractivity contribution in [2.75, 3.05) is 14.1 Å². The molecule has 0 rings (SSSR count). The summed E-state index contributed by atoms with van der Waals surface area (Å²) >= 11 is 0. The summed E-state index contributed by atoms with van der Waals surface area (Å²) in [5.41, 5.74) is 0. The molecule has 0 radical (unpaired) electrons. The number of amides is 2. The van der Waals surface area contributed by atoms with E-state index in [2.05, 4.69) is 29.4 Å². The Morgan fingerprint density at radius 3 is 1.86 bits per heavy atom. The molecular weight excluding hydrogens is 266 g/mol. The number of carbonyl (C=O) groups is 2. The summed E-state index contributed by atoms with van der Waals surface area (Å²) in [7, 11) is 3.57. The largest absolute Gasteiger partial charge is 0.357 e. The molecule has 0 spiro atoms. The van der Waals surface area contributed by atoms with Gasteiger partial charge in [-0.2, -0.15) is 0 Å². The average molecular weight is 299 g/mol. The Hall–Kier alpha value is -1.10. The smallest absolute Gasteiger partial charge is 0.242 e. The number of nitrogens with one attached hydrogen (secondary N) is 2. The van der Waals surface area contributed by atoms with Crippen molar-refractivity contribution in [3.63, 3.8) is 0 Å². The topological polar surface area (TPSA) is 61.4 Å². The number of nitrogens with zero attached hydrogens (tertiary/aromatic N) is 1. The first-order chi connectivity index (χ1) is 9.67. The van der Waals surface area contributed by atoms with E-state index in [9.17, 15) is 9.59 Å². The van der Waals surface area contributed by atoms with Crippen molar-refractivity contribution in [3.8, 4) is 0 Å². The van der Waals surface area contributed by atoms with E-state index in [1.165, 1.54) is 0 Å². The molecule has 0 saturated heterocycles. The number of rotatable bonds is 8. The summed E-state index contributed by atoms with van der Waals surface area (Å²) in [6.45, 7) is 12.2. The quantitative estimate of drug-likeness (QED) is 0.716. The van der Waals surface area contributed by atoms with Gasteiger partial charge in [-0.1, -0.05) is 34.6 Å². The SMILES string of the molecule is CCC(C)N(C)C(C(=O)NC(C(=O)NC)C(C)C)C(C)C. The number of hydrogen-bond acceptors (Lipinski definition) is 3. The van der Waals surface area contributed by atoms with Crippen molar-refractivity contribution in [1.29, 1.82) is 0 Å². The van der Waals surface area contributed by atoms with Gasteiger partial charge in [-0.3, -0.25) is 14.5 Å². The molecule has 0 aromatic rings. The summed E-state index contributed by atoms with van der Waals surface area (Å²) in [5.74, 6) is 0.0132. The molecule has 2 N–H and O–H groups in total. The fourth-order valence-corrected chi connectivity index (χ4v) is 2.45. The second kappa shape index (κ2) is 9.03. The third-order valence-electron chi connectivity index (χ3n) is 4.12. The van der Waals surface area contributed by atoms with Gasteiger partial charge < -0.3 is 10.6 Å². The Kier molecular flexibility index (Phi) is 8.55. The molecule has 5 heteroatoms. The Morgan fingerprint density at radius 2 is 1.52 bits per heavy atom. The first kappa shape index (κ1) is 19.9. The summed E-state index contributed by atoms with van der Waals surface area (Å²) < 4.78 is 0. The zero-order chi connectivity index (χ0) is 16.7. The van der Waals surface area contributed by atoms with Crippen molar-refractivity contribution >= 4 is 11.8 Å². The van der Waals surface area contributed by atoms with Gasteiger partial charge >= 0.3 is 0 Å². The molecule has 0 aromatic heterocycles. The van der Waals surface area contributed by atoms with E-state index in [0.717, 1.165) is 6.42 Å². The van der Waals surface area contributed by atoms with E-state index in [1.54, 1.807) is 7.05 Å². The second-order valence-electron chi connectivity index (χ2n) is 6.46. The summed E-state index contributed by atoms with van der Waals surface area (Å²) in [4.78, 5) is 26.6. The van der Waals surface area contributed by atoms with Crippen LogP contribution in [0, 0.1) is 11.8 Å². The lowest BCUT2D eigenvalue weighted by Crippen LogP contribution is -2.57. The summed E-state index contributed by atoms with van der Waals surface area (Å²) in [6, 6.07) is -0.402. The van der Waals surface area contributed by atoms with E-state index in [4.69, 9.17) is 0 Å². The lowest BCUT2D eigenvalue weighted by Gasteiger charge is -2.35. The van der Waals surface area contributed by atoms with Crippen LogP contribution in [0.25, 0.3) is 0 Å². The molecule has 3 unspecified atom stereocenters. The first-order valence-electron chi connectivity index (χ1n) is 7.91. The van der Waals surface area contributed by atoms with Crippen LogP contribution in [0.3, 0.4) is 0 Å². The fourth-order valence-electron chi connectivity index (χ4n) is 2.45. The van der Waals surface area contributed by atoms with Gasteiger partial charge in [-0.25, -0.2) is 0 Å². The zero-order valence-electron chi connectivity index (χ0n) is 14.9. The third-order valence-corrected chi connectivity index (χ3v) is 4.12. The second-order valence-corrected chi connectivity index (χ2v) is 6.46.